The molecule has 1 atom stereocenters. The van der Waals surface area contributed by atoms with Gasteiger partial charge in [0.05, 0.1) is 18.5 Å². The summed E-state index contributed by atoms with van der Waals surface area (Å²) in [5.41, 5.74) is 6.41. The number of halogens is 1. The molecule has 0 aromatic heterocycles. The molecule has 3 N–H and O–H groups in total. The van der Waals surface area contributed by atoms with E-state index in [9.17, 15) is 4.39 Å². The van der Waals surface area contributed by atoms with Crippen molar-refractivity contribution in [2.75, 3.05) is 31.4 Å². The lowest BCUT2D eigenvalue weighted by Crippen LogP contribution is -2.31. The maximum absolute atomic E-state index is 13.9. The molecule has 106 valence electrons. The molecule has 0 spiro atoms. The third kappa shape index (κ3) is 3.29. The first-order chi connectivity index (χ1) is 9.11. The molecule has 4 nitrogen and oxygen atoms in total. The number of ether oxygens (including phenoxy) is 2. The fourth-order valence-electron chi connectivity index (χ4n) is 2.44. The molecule has 0 amide bonds. The summed E-state index contributed by atoms with van der Waals surface area (Å²) in [5, 5.41) is 3.22. The monoisotopic (exact) mass is 268 g/mol. The van der Waals surface area contributed by atoms with Gasteiger partial charge < -0.3 is 20.5 Å². The first-order valence-corrected chi connectivity index (χ1v) is 6.59. The van der Waals surface area contributed by atoms with Gasteiger partial charge in [-0.15, -0.1) is 0 Å². The van der Waals surface area contributed by atoms with Crippen molar-refractivity contribution >= 4 is 11.4 Å². The summed E-state index contributed by atoms with van der Waals surface area (Å²) in [6.45, 7) is 3.63. The van der Waals surface area contributed by atoms with Crippen LogP contribution in [0.5, 0.6) is 5.75 Å². The van der Waals surface area contributed by atoms with E-state index in [0.717, 1.165) is 26.1 Å². The van der Waals surface area contributed by atoms with Gasteiger partial charge in [-0.3, -0.25) is 0 Å². The van der Waals surface area contributed by atoms with Crippen LogP contribution >= 0.6 is 0 Å². The molecular weight excluding hydrogens is 247 g/mol. The normalized spacial score (nSPS) is 18.1. The average molecular weight is 268 g/mol. The van der Waals surface area contributed by atoms with E-state index >= 15 is 0 Å². The van der Waals surface area contributed by atoms with Crippen LogP contribution < -0.4 is 15.8 Å². The Balaban J connectivity index is 2.09. The van der Waals surface area contributed by atoms with Crippen molar-refractivity contribution < 1.29 is 13.9 Å². The van der Waals surface area contributed by atoms with Gasteiger partial charge in [-0.05, 0) is 25.7 Å². The van der Waals surface area contributed by atoms with Gasteiger partial charge in [-0.25, -0.2) is 4.39 Å². The fourth-order valence-corrected chi connectivity index (χ4v) is 2.44. The molecule has 5 heteroatoms. The average Bonchev–Trinajstić information content (AvgIpc) is 2.42. The summed E-state index contributed by atoms with van der Waals surface area (Å²) in [6.07, 6.45) is 2.00. The molecule has 1 aliphatic rings. The smallest absolute Gasteiger partial charge is 0.148 e. The molecule has 0 bridgehead atoms. The number of nitrogen functional groups attached to an aromatic ring is 1. The van der Waals surface area contributed by atoms with Crippen LogP contribution in [0.1, 0.15) is 19.8 Å². The zero-order valence-electron chi connectivity index (χ0n) is 11.4. The molecular formula is C14H21FN2O2. The highest BCUT2D eigenvalue weighted by molar-refractivity contribution is 5.62. The Morgan fingerprint density at radius 2 is 2.11 bits per heavy atom. The topological polar surface area (TPSA) is 56.5 Å². The maximum Gasteiger partial charge on any atom is 0.148 e. The molecule has 1 heterocycles. The van der Waals surface area contributed by atoms with Crippen molar-refractivity contribution in [2.24, 2.45) is 5.92 Å². The quantitative estimate of drug-likeness (QED) is 0.824. The Morgan fingerprint density at radius 3 is 2.74 bits per heavy atom. The van der Waals surface area contributed by atoms with E-state index in [2.05, 4.69) is 12.2 Å². The predicted molar refractivity (Wildman–Crippen MR) is 74.0 cm³/mol. The number of anilines is 2. The molecule has 19 heavy (non-hydrogen) atoms. The zero-order chi connectivity index (χ0) is 13.8. The fraction of sp³-hybridized carbons (Fsp3) is 0.571. The number of nitrogens with two attached hydrogens (primary N) is 1. The van der Waals surface area contributed by atoms with Gasteiger partial charge in [0.25, 0.3) is 0 Å². The Bertz CT molecular complexity index is 434. The van der Waals surface area contributed by atoms with Gasteiger partial charge in [0.2, 0.25) is 0 Å². The Kier molecular flexibility index (Phi) is 4.47. The van der Waals surface area contributed by atoms with Crippen LogP contribution in [0.15, 0.2) is 12.1 Å². The lowest BCUT2D eigenvalue weighted by Gasteiger charge is -2.29. The van der Waals surface area contributed by atoms with E-state index < -0.39 is 0 Å². The summed E-state index contributed by atoms with van der Waals surface area (Å²) in [6, 6.07) is 3.09. The minimum absolute atomic E-state index is 0.187. The summed E-state index contributed by atoms with van der Waals surface area (Å²) >= 11 is 0. The van der Waals surface area contributed by atoms with Gasteiger partial charge in [0, 0.05) is 31.4 Å². The number of methoxy groups -OCH3 is 1. The van der Waals surface area contributed by atoms with Crippen molar-refractivity contribution in [1.29, 1.82) is 0 Å². The highest BCUT2D eigenvalue weighted by Gasteiger charge is 2.21. The molecule has 1 aromatic rings. The predicted octanol–water partition coefficient (Wildman–Crippen LogP) is 2.64. The summed E-state index contributed by atoms with van der Waals surface area (Å²) in [4.78, 5) is 0. The molecule has 1 unspecified atom stereocenters. The van der Waals surface area contributed by atoms with E-state index in [4.69, 9.17) is 15.2 Å². The molecule has 1 saturated heterocycles. The van der Waals surface area contributed by atoms with Crippen LogP contribution in [0.25, 0.3) is 0 Å². The van der Waals surface area contributed by atoms with E-state index in [0.29, 0.717) is 23.0 Å². The molecule has 1 fully saturated rings. The van der Waals surface area contributed by atoms with Crippen molar-refractivity contribution in [2.45, 2.75) is 25.8 Å². The third-order valence-electron chi connectivity index (χ3n) is 3.68. The summed E-state index contributed by atoms with van der Waals surface area (Å²) in [5.74, 6) is 0.636. The van der Waals surface area contributed by atoms with Crippen molar-refractivity contribution in [3.63, 3.8) is 0 Å². The van der Waals surface area contributed by atoms with Crippen LogP contribution in [-0.2, 0) is 4.74 Å². The van der Waals surface area contributed by atoms with Crippen LogP contribution in [0, 0.1) is 11.7 Å². The largest absolute Gasteiger partial charge is 0.495 e. The highest BCUT2D eigenvalue weighted by atomic mass is 19.1. The lowest BCUT2D eigenvalue weighted by molar-refractivity contribution is 0.0622. The first-order valence-electron chi connectivity index (χ1n) is 6.59. The van der Waals surface area contributed by atoms with Crippen LogP contribution in [0.4, 0.5) is 15.8 Å². The Morgan fingerprint density at radius 1 is 1.42 bits per heavy atom. The number of benzene rings is 1. The van der Waals surface area contributed by atoms with Gasteiger partial charge >= 0.3 is 0 Å². The molecule has 1 aliphatic heterocycles. The Labute approximate surface area is 113 Å². The van der Waals surface area contributed by atoms with Gasteiger partial charge in [-0.2, -0.15) is 0 Å². The Hall–Kier alpha value is -1.49. The second-order valence-corrected chi connectivity index (χ2v) is 4.96. The van der Waals surface area contributed by atoms with E-state index in [1.807, 2.05) is 0 Å². The van der Waals surface area contributed by atoms with Crippen LogP contribution in [0.2, 0.25) is 0 Å². The second kappa shape index (κ2) is 6.10. The van der Waals surface area contributed by atoms with Gasteiger partial charge in [0.15, 0.2) is 0 Å². The number of rotatable bonds is 4. The summed E-state index contributed by atoms with van der Waals surface area (Å²) < 4.78 is 24.3. The number of hydrogen-bond donors (Lipinski definition) is 2. The van der Waals surface area contributed by atoms with E-state index in [-0.39, 0.29) is 11.9 Å². The van der Waals surface area contributed by atoms with Gasteiger partial charge in [-0.1, -0.05) is 0 Å². The molecule has 0 saturated carbocycles. The minimum Gasteiger partial charge on any atom is -0.495 e. The molecule has 1 aromatic carbocycles. The zero-order valence-corrected chi connectivity index (χ0v) is 11.4. The standard InChI is InChI=1S/C14H21FN2O2/c1-9(10-3-5-19-6-4-10)17-13-8-14(18-2)12(16)7-11(13)15/h7-10,17H,3-6,16H2,1-2H3. The lowest BCUT2D eigenvalue weighted by atomic mass is 9.93. The molecule has 0 radical (unpaired) electrons. The third-order valence-corrected chi connectivity index (χ3v) is 3.68. The molecule has 2 rings (SSSR count). The minimum atomic E-state index is -0.350. The van der Waals surface area contributed by atoms with E-state index in [1.165, 1.54) is 13.2 Å². The van der Waals surface area contributed by atoms with Crippen molar-refractivity contribution in [3.8, 4) is 5.75 Å². The molecule has 0 aliphatic carbocycles. The number of nitrogens with one attached hydrogen (secondary N) is 1. The van der Waals surface area contributed by atoms with E-state index in [1.54, 1.807) is 6.07 Å². The van der Waals surface area contributed by atoms with Crippen molar-refractivity contribution in [3.05, 3.63) is 17.9 Å². The highest BCUT2D eigenvalue weighted by Crippen LogP contribution is 2.30. The second-order valence-electron chi connectivity index (χ2n) is 4.96. The van der Waals surface area contributed by atoms with Crippen molar-refractivity contribution in [1.82, 2.24) is 0 Å². The first kappa shape index (κ1) is 13.9. The number of hydrogen-bond acceptors (Lipinski definition) is 4. The maximum atomic E-state index is 13.9. The van der Waals surface area contributed by atoms with Gasteiger partial charge in [0.1, 0.15) is 11.6 Å². The SMILES string of the molecule is COc1cc(NC(C)C2CCOCC2)c(F)cc1N. The van der Waals surface area contributed by atoms with Crippen LogP contribution in [0.3, 0.4) is 0 Å². The summed E-state index contributed by atoms with van der Waals surface area (Å²) in [7, 11) is 1.52. The van der Waals surface area contributed by atoms with Crippen LogP contribution in [-0.4, -0.2) is 26.4 Å².